The molecule has 1 saturated heterocycles. The van der Waals surface area contributed by atoms with E-state index in [-0.39, 0.29) is 11.7 Å². The van der Waals surface area contributed by atoms with Gasteiger partial charge in [-0.2, -0.15) is 0 Å². The van der Waals surface area contributed by atoms with Crippen molar-refractivity contribution in [3.63, 3.8) is 0 Å². The molecule has 6 nitrogen and oxygen atoms in total. The molecule has 0 bridgehead atoms. The fourth-order valence-electron chi connectivity index (χ4n) is 2.98. The smallest absolute Gasteiger partial charge is 0.322 e. The zero-order chi connectivity index (χ0) is 19.4. The summed E-state index contributed by atoms with van der Waals surface area (Å²) in [7, 11) is 3.23. The molecule has 0 saturated carbocycles. The number of rotatable bonds is 4. The molecular formula is C19H21BrFN3O3. The normalized spacial score (nSPS) is 14.1. The fourth-order valence-corrected chi connectivity index (χ4v) is 3.31. The summed E-state index contributed by atoms with van der Waals surface area (Å²) in [6.07, 6.45) is 0. The van der Waals surface area contributed by atoms with Crippen LogP contribution in [0.1, 0.15) is 0 Å². The van der Waals surface area contributed by atoms with Crippen molar-refractivity contribution >= 4 is 33.3 Å². The third-order valence-electron chi connectivity index (χ3n) is 4.47. The minimum atomic E-state index is -0.473. The van der Waals surface area contributed by atoms with Crippen molar-refractivity contribution in [2.75, 3.05) is 50.6 Å². The van der Waals surface area contributed by atoms with E-state index in [2.05, 4.69) is 26.1 Å². The third-order valence-corrected chi connectivity index (χ3v) is 4.96. The number of urea groups is 1. The van der Waals surface area contributed by atoms with Crippen LogP contribution in [0, 0.1) is 5.82 Å². The van der Waals surface area contributed by atoms with Gasteiger partial charge in [-0.1, -0.05) is 15.9 Å². The second-order valence-corrected chi connectivity index (χ2v) is 6.98. The lowest BCUT2D eigenvalue weighted by Gasteiger charge is -2.36. The monoisotopic (exact) mass is 437 g/mol. The minimum absolute atomic E-state index is 0.169. The van der Waals surface area contributed by atoms with E-state index in [1.165, 1.54) is 12.1 Å². The Labute approximate surface area is 166 Å². The summed E-state index contributed by atoms with van der Waals surface area (Å²) >= 11 is 3.20. The van der Waals surface area contributed by atoms with Gasteiger partial charge >= 0.3 is 6.03 Å². The Bertz CT molecular complexity index is 826. The molecule has 8 heteroatoms. The van der Waals surface area contributed by atoms with Crippen molar-refractivity contribution in [1.29, 1.82) is 0 Å². The molecule has 0 aromatic heterocycles. The molecule has 27 heavy (non-hydrogen) atoms. The number of methoxy groups -OCH3 is 2. The van der Waals surface area contributed by atoms with Gasteiger partial charge in [-0.25, -0.2) is 9.18 Å². The summed E-state index contributed by atoms with van der Waals surface area (Å²) in [6, 6.07) is 9.91. The van der Waals surface area contributed by atoms with E-state index in [1.807, 2.05) is 18.2 Å². The second kappa shape index (κ2) is 8.47. The lowest BCUT2D eigenvalue weighted by atomic mass is 10.2. The van der Waals surface area contributed by atoms with Gasteiger partial charge in [0, 0.05) is 36.7 Å². The van der Waals surface area contributed by atoms with Crippen LogP contribution in [-0.2, 0) is 0 Å². The molecular weight excluding hydrogens is 417 g/mol. The number of carbonyl (C=O) groups excluding carboxylic acids is 1. The van der Waals surface area contributed by atoms with Crippen LogP contribution >= 0.6 is 15.9 Å². The zero-order valence-corrected chi connectivity index (χ0v) is 16.8. The Kier molecular flexibility index (Phi) is 6.05. The van der Waals surface area contributed by atoms with Crippen LogP contribution in [-0.4, -0.2) is 51.3 Å². The van der Waals surface area contributed by atoms with Crippen molar-refractivity contribution < 1.29 is 18.7 Å². The summed E-state index contributed by atoms with van der Waals surface area (Å²) in [5.74, 6) is 0.980. The van der Waals surface area contributed by atoms with Gasteiger partial charge in [0.15, 0.2) is 0 Å². The van der Waals surface area contributed by atoms with Gasteiger partial charge < -0.3 is 24.6 Å². The SMILES string of the molecule is COc1ccc(N2CCN(C(=O)Nc3ccc(Br)cc3F)CC2)c(OC)c1. The lowest BCUT2D eigenvalue weighted by Crippen LogP contribution is -2.50. The Morgan fingerprint density at radius 3 is 2.44 bits per heavy atom. The molecule has 0 unspecified atom stereocenters. The molecule has 2 aromatic rings. The first-order valence-electron chi connectivity index (χ1n) is 8.50. The largest absolute Gasteiger partial charge is 0.497 e. The predicted octanol–water partition coefficient (Wildman–Crippen LogP) is 3.96. The lowest BCUT2D eigenvalue weighted by molar-refractivity contribution is 0.208. The number of piperazine rings is 1. The summed E-state index contributed by atoms with van der Waals surface area (Å²) in [5, 5.41) is 2.63. The maximum absolute atomic E-state index is 13.9. The van der Waals surface area contributed by atoms with Gasteiger partial charge in [-0.3, -0.25) is 0 Å². The molecule has 1 N–H and O–H groups in total. The molecule has 3 rings (SSSR count). The van der Waals surface area contributed by atoms with Crippen LogP contribution in [0.4, 0.5) is 20.6 Å². The number of nitrogens with zero attached hydrogens (tertiary/aromatic N) is 2. The number of halogens is 2. The molecule has 1 aliphatic heterocycles. The van der Waals surface area contributed by atoms with Crippen LogP contribution in [0.2, 0.25) is 0 Å². The van der Waals surface area contributed by atoms with Gasteiger partial charge in [0.1, 0.15) is 17.3 Å². The Morgan fingerprint density at radius 2 is 1.81 bits per heavy atom. The Morgan fingerprint density at radius 1 is 1.07 bits per heavy atom. The third kappa shape index (κ3) is 4.44. The first kappa shape index (κ1) is 19.3. The van der Waals surface area contributed by atoms with Crippen molar-refractivity contribution in [3.8, 4) is 11.5 Å². The quantitative estimate of drug-likeness (QED) is 0.786. The molecule has 0 aliphatic carbocycles. The zero-order valence-electron chi connectivity index (χ0n) is 15.2. The summed E-state index contributed by atoms with van der Waals surface area (Å²) in [6.45, 7) is 2.36. The highest BCUT2D eigenvalue weighted by Gasteiger charge is 2.23. The number of hydrogen-bond donors (Lipinski definition) is 1. The Balaban J connectivity index is 1.62. The van der Waals surface area contributed by atoms with E-state index in [0.717, 1.165) is 17.2 Å². The van der Waals surface area contributed by atoms with E-state index < -0.39 is 5.82 Å². The summed E-state index contributed by atoms with van der Waals surface area (Å²) in [5.41, 5.74) is 1.12. The number of nitrogens with one attached hydrogen (secondary N) is 1. The average Bonchev–Trinajstić information content (AvgIpc) is 2.69. The van der Waals surface area contributed by atoms with Crippen LogP contribution in [0.25, 0.3) is 0 Å². The minimum Gasteiger partial charge on any atom is -0.497 e. The van der Waals surface area contributed by atoms with Crippen LogP contribution in [0.5, 0.6) is 11.5 Å². The van der Waals surface area contributed by atoms with Gasteiger partial charge in [-0.15, -0.1) is 0 Å². The van der Waals surface area contributed by atoms with E-state index in [1.54, 1.807) is 25.2 Å². The number of benzene rings is 2. The molecule has 1 fully saturated rings. The number of ether oxygens (including phenoxy) is 2. The number of amides is 2. The number of carbonyl (C=O) groups is 1. The van der Waals surface area contributed by atoms with Crippen molar-refractivity contribution in [2.45, 2.75) is 0 Å². The highest BCUT2D eigenvalue weighted by molar-refractivity contribution is 9.10. The van der Waals surface area contributed by atoms with Gasteiger partial charge in [0.25, 0.3) is 0 Å². The van der Waals surface area contributed by atoms with Crippen molar-refractivity contribution in [1.82, 2.24) is 4.90 Å². The van der Waals surface area contributed by atoms with E-state index in [4.69, 9.17) is 9.47 Å². The molecule has 144 valence electrons. The van der Waals surface area contributed by atoms with Crippen molar-refractivity contribution in [2.24, 2.45) is 0 Å². The summed E-state index contributed by atoms with van der Waals surface area (Å²) < 4.78 is 25.2. The van der Waals surface area contributed by atoms with Gasteiger partial charge in [-0.05, 0) is 30.3 Å². The maximum Gasteiger partial charge on any atom is 0.322 e. The van der Waals surface area contributed by atoms with Crippen LogP contribution < -0.4 is 19.7 Å². The van der Waals surface area contributed by atoms with Gasteiger partial charge in [0.2, 0.25) is 0 Å². The molecule has 2 aromatic carbocycles. The predicted molar refractivity (Wildman–Crippen MR) is 106 cm³/mol. The number of hydrogen-bond acceptors (Lipinski definition) is 4. The maximum atomic E-state index is 13.9. The molecule has 0 atom stereocenters. The number of anilines is 2. The van der Waals surface area contributed by atoms with Crippen LogP contribution in [0.3, 0.4) is 0 Å². The van der Waals surface area contributed by atoms with Crippen molar-refractivity contribution in [3.05, 3.63) is 46.7 Å². The average molecular weight is 438 g/mol. The molecule has 1 heterocycles. The van der Waals surface area contributed by atoms with E-state index in [0.29, 0.717) is 30.7 Å². The summed E-state index contributed by atoms with van der Waals surface area (Å²) in [4.78, 5) is 16.3. The first-order valence-corrected chi connectivity index (χ1v) is 9.29. The molecule has 2 amide bonds. The highest BCUT2D eigenvalue weighted by atomic mass is 79.9. The van der Waals surface area contributed by atoms with Crippen LogP contribution in [0.15, 0.2) is 40.9 Å². The van der Waals surface area contributed by atoms with E-state index in [9.17, 15) is 9.18 Å². The standard InChI is InChI=1S/C19H21BrFN3O3/c1-26-14-4-6-17(18(12-14)27-2)23-7-9-24(10-8-23)19(25)22-16-5-3-13(20)11-15(16)21/h3-6,11-12H,7-10H2,1-2H3,(H,22,25). The second-order valence-electron chi connectivity index (χ2n) is 6.07. The molecule has 0 radical (unpaired) electrons. The van der Waals surface area contributed by atoms with E-state index >= 15 is 0 Å². The highest BCUT2D eigenvalue weighted by Crippen LogP contribution is 2.32. The molecule has 1 aliphatic rings. The Hall–Kier alpha value is -2.48. The first-order chi connectivity index (χ1) is 13.0. The topological polar surface area (TPSA) is 54.0 Å². The molecule has 0 spiro atoms. The van der Waals surface area contributed by atoms with Gasteiger partial charge in [0.05, 0.1) is 25.6 Å². The fraction of sp³-hybridized carbons (Fsp3) is 0.316.